The van der Waals surface area contributed by atoms with E-state index in [0.29, 0.717) is 6.54 Å². The molecule has 3 rings (SSSR count). The van der Waals surface area contributed by atoms with E-state index in [1.54, 1.807) is 0 Å². The molecule has 1 aromatic rings. The number of pyridine rings is 1. The lowest BCUT2D eigenvalue weighted by Gasteiger charge is -2.43. The van der Waals surface area contributed by atoms with Gasteiger partial charge < -0.3 is 14.7 Å². The second-order valence-electron chi connectivity index (χ2n) is 6.50. The number of rotatable bonds is 4. The standard InChI is InChI=1S/C17H27N3O2/c1-2-15-4-5-16(12-18-15)20-7-3-6-17(21,14-20)13-19-8-10-22-11-9-19/h4-5,12,21H,2-3,6-11,13-14H2,1H3/t17-/m1/s1. The van der Waals surface area contributed by atoms with Crippen LogP contribution in [0.2, 0.25) is 0 Å². The maximum Gasteiger partial charge on any atom is 0.0948 e. The van der Waals surface area contributed by atoms with Gasteiger partial charge in [0.2, 0.25) is 0 Å². The number of aryl methyl sites for hydroxylation is 1. The number of morpholine rings is 1. The molecule has 0 amide bonds. The van der Waals surface area contributed by atoms with Gasteiger partial charge in [-0.25, -0.2) is 0 Å². The van der Waals surface area contributed by atoms with E-state index in [9.17, 15) is 5.11 Å². The topological polar surface area (TPSA) is 48.8 Å². The Morgan fingerprint density at radius 1 is 1.27 bits per heavy atom. The van der Waals surface area contributed by atoms with Crippen LogP contribution >= 0.6 is 0 Å². The molecule has 2 aliphatic rings. The first-order valence-electron chi connectivity index (χ1n) is 8.41. The fraction of sp³-hybridized carbons (Fsp3) is 0.706. The Morgan fingerprint density at radius 2 is 2.09 bits per heavy atom. The van der Waals surface area contributed by atoms with E-state index in [1.165, 1.54) is 0 Å². The van der Waals surface area contributed by atoms with E-state index in [1.807, 2.05) is 6.20 Å². The number of piperidine rings is 1. The van der Waals surface area contributed by atoms with E-state index in [4.69, 9.17) is 4.74 Å². The number of anilines is 1. The van der Waals surface area contributed by atoms with Gasteiger partial charge >= 0.3 is 0 Å². The van der Waals surface area contributed by atoms with Crippen LogP contribution in [0.4, 0.5) is 5.69 Å². The highest BCUT2D eigenvalue weighted by Gasteiger charge is 2.35. The van der Waals surface area contributed by atoms with Gasteiger partial charge in [0.25, 0.3) is 0 Å². The van der Waals surface area contributed by atoms with Crippen molar-refractivity contribution in [2.75, 3.05) is 50.8 Å². The first-order chi connectivity index (χ1) is 10.7. The van der Waals surface area contributed by atoms with Crippen molar-refractivity contribution in [3.63, 3.8) is 0 Å². The summed E-state index contributed by atoms with van der Waals surface area (Å²) in [5.41, 5.74) is 1.61. The van der Waals surface area contributed by atoms with Crippen molar-refractivity contribution in [3.05, 3.63) is 24.0 Å². The van der Waals surface area contributed by atoms with Crippen LogP contribution in [-0.2, 0) is 11.2 Å². The molecule has 22 heavy (non-hydrogen) atoms. The molecule has 0 aliphatic carbocycles. The Kier molecular flexibility index (Phi) is 4.96. The van der Waals surface area contributed by atoms with Crippen molar-refractivity contribution in [3.8, 4) is 0 Å². The van der Waals surface area contributed by atoms with Crippen molar-refractivity contribution in [1.82, 2.24) is 9.88 Å². The van der Waals surface area contributed by atoms with Crippen LogP contribution in [-0.4, -0.2) is 66.5 Å². The van der Waals surface area contributed by atoms with Crippen molar-refractivity contribution >= 4 is 5.69 Å². The molecule has 2 aliphatic heterocycles. The summed E-state index contributed by atoms with van der Waals surface area (Å²) in [4.78, 5) is 9.08. The van der Waals surface area contributed by atoms with E-state index in [-0.39, 0.29) is 0 Å². The van der Waals surface area contributed by atoms with Crippen molar-refractivity contribution in [2.24, 2.45) is 0 Å². The van der Waals surface area contributed by atoms with Crippen molar-refractivity contribution in [1.29, 1.82) is 0 Å². The zero-order valence-electron chi connectivity index (χ0n) is 13.5. The molecule has 2 saturated heterocycles. The molecule has 5 heteroatoms. The second kappa shape index (κ2) is 6.94. The highest BCUT2D eigenvalue weighted by atomic mass is 16.5. The third-order valence-electron chi connectivity index (χ3n) is 4.71. The van der Waals surface area contributed by atoms with Gasteiger partial charge in [0, 0.05) is 38.4 Å². The van der Waals surface area contributed by atoms with E-state index >= 15 is 0 Å². The molecular weight excluding hydrogens is 278 g/mol. The number of ether oxygens (including phenoxy) is 1. The van der Waals surface area contributed by atoms with Crippen LogP contribution in [0, 0.1) is 0 Å². The molecule has 0 aromatic carbocycles. The molecule has 0 radical (unpaired) electrons. The minimum absolute atomic E-state index is 0.626. The summed E-state index contributed by atoms with van der Waals surface area (Å²) < 4.78 is 5.39. The molecule has 2 fully saturated rings. The second-order valence-corrected chi connectivity index (χ2v) is 6.50. The summed E-state index contributed by atoms with van der Waals surface area (Å²) in [6, 6.07) is 4.22. The van der Waals surface area contributed by atoms with Crippen LogP contribution in [0.3, 0.4) is 0 Å². The third kappa shape index (κ3) is 3.77. The molecule has 1 aromatic heterocycles. The molecule has 1 N–H and O–H groups in total. The lowest BCUT2D eigenvalue weighted by molar-refractivity contribution is -0.0382. The summed E-state index contributed by atoms with van der Waals surface area (Å²) in [7, 11) is 0. The fourth-order valence-electron chi connectivity index (χ4n) is 3.45. The van der Waals surface area contributed by atoms with Crippen LogP contribution in [0.1, 0.15) is 25.5 Å². The van der Waals surface area contributed by atoms with Gasteiger partial charge in [0.05, 0.1) is 30.7 Å². The predicted octanol–water partition coefficient (Wildman–Crippen LogP) is 1.31. The number of aliphatic hydroxyl groups is 1. The number of hydrogen-bond acceptors (Lipinski definition) is 5. The quantitative estimate of drug-likeness (QED) is 0.909. The normalized spacial score (nSPS) is 27.1. The first kappa shape index (κ1) is 15.7. The number of aromatic nitrogens is 1. The molecular formula is C17H27N3O2. The first-order valence-corrected chi connectivity index (χ1v) is 8.41. The van der Waals surface area contributed by atoms with Crippen LogP contribution < -0.4 is 4.90 Å². The average molecular weight is 305 g/mol. The number of β-amino-alcohol motifs (C(OH)–C–C–N with tert-alkyl or cyclic N) is 1. The molecule has 0 bridgehead atoms. The largest absolute Gasteiger partial charge is 0.387 e. The zero-order chi connectivity index (χ0) is 15.4. The Morgan fingerprint density at radius 3 is 2.77 bits per heavy atom. The Labute approximate surface area is 132 Å². The average Bonchev–Trinajstić information content (AvgIpc) is 2.55. The van der Waals surface area contributed by atoms with Gasteiger partial charge in [-0.15, -0.1) is 0 Å². The Bertz CT molecular complexity index is 473. The summed E-state index contributed by atoms with van der Waals surface area (Å²) in [5, 5.41) is 11.0. The Balaban J connectivity index is 1.64. The van der Waals surface area contributed by atoms with Crippen LogP contribution in [0.5, 0.6) is 0 Å². The number of hydrogen-bond donors (Lipinski definition) is 1. The van der Waals surface area contributed by atoms with Gasteiger partial charge in [0.15, 0.2) is 0 Å². The maximum atomic E-state index is 11.0. The predicted molar refractivity (Wildman–Crippen MR) is 87.3 cm³/mol. The van der Waals surface area contributed by atoms with Gasteiger partial charge in [0.1, 0.15) is 0 Å². The highest BCUT2D eigenvalue weighted by Crippen LogP contribution is 2.27. The summed E-state index contributed by atoms with van der Waals surface area (Å²) in [6.07, 6.45) is 4.80. The van der Waals surface area contributed by atoms with E-state index < -0.39 is 5.60 Å². The summed E-state index contributed by atoms with van der Waals surface area (Å²) in [6.45, 7) is 7.96. The van der Waals surface area contributed by atoms with E-state index in [0.717, 1.165) is 70.0 Å². The molecule has 0 saturated carbocycles. The molecule has 5 nitrogen and oxygen atoms in total. The van der Waals surface area contributed by atoms with Gasteiger partial charge in [-0.1, -0.05) is 6.92 Å². The van der Waals surface area contributed by atoms with Crippen LogP contribution in [0.15, 0.2) is 18.3 Å². The smallest absolute Gasteiger partial charge is 0.0948 e. The minimum atomic E-state index is -0.626. The lowest BCUT2D eigenvalue weighted by Crippen LogP contribution is -2.56. The SMILES string of the molecule is CCc1ccc(N2CCC[C@@](O)(CN3CCOCC3)C2)cn1. The minimum Gasteiger partial charge on any atom is -0.387 e. The molecule has 0 unspecified atom stereocenters. The van der Waals surface area contributed by atoms with Gasteiger partial charge in [-0.05, 0) is 31.4 Å². The molecule has 122 valence electrons. The zero-order valence-corrected chi connectivity index (χ0v) is 13.5. The van der Waals surface area contributed by atoms with E-state index in [2.05, 4.69) is 33.8 Å². The van der Waals surface area contributed by atoms with Gasteiger partial charge in [-0.3, -0.25) is 9.88 Å². The third-order valence-corrected chi connectivity index (χ3v) is 4.71. The fourth-order valence-corrected chi connectivity index (χ4v) is 3.45. The van der Waals surface area contributed by atoms with Gasteiger partial charge in [-0.2, -0.15) is 0 Å². The molecule has 3 heterocycles. The number of nitrogens with zero attached hydrogens (tertiary/aromatic N) is 3. The summed E-state index contributed by atoms with van der Waals surface area (Å²) >= 11 is 0. The Hall–Kier alpha value is -1.17. The maximum absolute atomic E-state index is 11.0. The van der Waals surface area contributed by atoms with Crippen molar-refractivity contribution < 1.29 is 9.84 Å². The molecule has 1 atom stereocenters. The lowest BCUT2D eigenvalue weighted by atomic mass is 9.91. The summed E-state index contributed by atoms with van der Waals surface area (Å²) in [5.74, 6) is 0. The van der Waals surface area contributed by atoms with Crippen molar-refractivity contribution in [2.45, 2.75) is 31.8 Å². The monoisotopic (exact) mass is 305 g/mol. The highest BCUT2D eigenvalue weighted by molar-refractivity contribution is 5.45. The molecule has 0 spiro atoms. The van der Waals surface area contributed by atoms with Crippen LogP contribution in [0.25, 0.3) is 0 Å².